The first-order chi connectivity index (χ1) is 12.6. The molecule has 0 aliphatic heterocycles. The van der Waals surface area contributed by atoms with Gasteiger partial charge in [-0.25, -0.2) is 0 Å². The molecule has 0 saturated heterocycles. The van der Waals surface area contributed by atoms with Crippen LogP contribution in [0.4, 0.5) is 0 Å². The van der Waals surface area contributed by atoms with Gasteiger partial charge in [0.1, 0.15) is 11.3 Å². The number of rotatable bonds is 5. The molecule has 4 saturated carbocycles. The second kappa shape index (κ2) is 6.12. The van der Waals surface area contributed by atoms with E-state index in [0.29, 0.717) is 12.1 Å². The van der Waals surface area contributed by atoms with Crippen LogP contribution in [-0.4, -0.2) is 18.0 Å². The number of hydrogen-bond acceptors (Lipinski definition) is 2. The van der Waals surface area contributed by atoms with Crippen molar-refractivity contribution in [3.8, 4) is 0 Å². The van der Waals surface area contributed by atoms with E-state index in [9.17, 15) is 4.79 Å². The summed E-state index contributed by atoms with van der Waals surface area (Å²) in [4.78, 5) is 12.6. The Balaban J connectivity index is 1.20. The first-order valence-electron chi connectivity index (χ1n) is 10.2. The van der Waals surface area contributed by atoms with E-state index >= 15 is 0 Å². The Kier molecular flexibility index (Phi) is 3.85. The second-order valence-electron chi connectivity index (χ2n) is 9.16. The molecule has 1 heterocycles. The smallest absolute Gasteiger partial charge is 0.275 e. The van der Waals surface area contributed by atoms with Crippen molar-refractivity contribution < 1.29 is 14.5 Å². The third-order valence-corrected chi connectivity index (χ3v) is 7.05. The fourth-order valence-electron chi connectivity index (χ4n) is 6.32. The van der Waals surface area contributed by atoms with Gasteiger partial charge in [-0.3, -0.25) is 4.79 Å². The topological polar surface area (TPSA) is 58.9 Å². The number of nitrogens with one attached hydrogen (secondary N) is 1. The predicted molar refractivity (Wildman–Crippen MR) is 100 cm³/mol. The molecule has 4 aliphatic rings. The van der Waals surface area contributed by atoms with E-state index in [1.807, 2.05) is 37.3 Å². The number of para-hydroxylation sites is 1. The van der Waals surface area contributed by atoms with Crippen molar-refractivity contribution in [2.24, 2.45) is 17.8 Å². The monoisotopic (exact) mass is 353 g/mol. The highest BCUT2D eigenvalue weighted by Gasteiger charge is 2.53. The summed E-state index contributed by atoms with van der Waals surface area (Å²) in [6.07, 6.45) is 8.31. The zero-order valence-corrected chi connectivity index (χ0v) is 15.5. The summed E-state index contributed by atoms with van der Waals surface area (Å²) < 4.78 is 5.88. The number of quaternary nitrogens is 1. The molecule has 1 aromatic heterocycles. The van der Waals surface area contributed by atoms with E-state index in [2.05, 4.69) is 10.6 Å². The maximum absolute atomic E-state index is 12.6. The molecular weight excluding hydrogens is 324 g/mol. The maximum atomic E-state index is 12.6. The van der Waals surface area contributed by atoms with Gasteiger partial charge in [0, 0.05) is 24.6 Å². The number of hydrogen-bond donors (Lipinski definition) is 2. The first-order valence-corrected chi connectivity index (χ1v) is 10.2. The Bertz CT molecular complexity index is 756. The van der Waals surface area contributed by atoms with E-state index in [0.717, 1.165) is 34.5 Å². The highest BCUT2D eigenvalue weighted by atomic mass is 16.3. The van der Waals surface area contributed by atoms with Crippen molar-refractivity contribution in [2.45, 2.75) is 57.0 Å². The number of carbonyl (C=O) groups is 1. The highest BCUT2D eigenvalue weighted by molar-refractivity contribution is 5.79. The Hall–Kier alpha value is -1.81. The van der Waals surface area contributed by atoms with Gasteiger partial charge in [-0.2, -0.15) is 0 Å². The Morgan fingerprint density at radius 1 is 1.19 bits per heavy atom. The van der Waals surface area contributed by atoms with Gasteiger partial charge in [-0.1, -0.05) is 18.2 Å². The fraction of sp³-hybridized carbons (Fsp3) is 0.591. The van der Waals surface area contributed by atoms with Gasteiger partial charge in [-0.15, -0.1) is 0 Å². The molecular formula is C22H29N2O2+. The molecule has 2 aromatic rings. The molecule has 0 unspecified atom stereocenters. The van der Waals surface area contributed by atoms with Crippen molar-refractivity contribution >= 4 is 16.9 Å². The fourth-order valence-corrected chi connectivity index (χ4v) is 6.32. The average molecular weight is 353 g/mol. The number of fused-ring (bicyclic) bond motifs is 1. The van der Waals surface area contributed by atoms with Crippen LogP contribution in [0.15, 0.2) is 34.7 Å². The van der Waals surface area contributed by atoms with Gasteiger partial charge < -0.3 is 15.1 Å². The molecule has 4 bridgehead atoms. The molecule has 4 nitrogen and oxygen atoms in total. The van der Waals surface area contributed by atoms with Crippen molar-refractivity contribution in [1.82, 2.24) is 5.32 Å². The van der Waals surface area contributed by atoms with Crippen LogP contribution in [0, 0.1) is 17.8 Å². The van der Waals surface area contributed by atoms with Crippen molar-refractivity contribution in [3.05, 3.63) is 36.1 Å². The molecule has 4 fully saturated rings. The van der Waals surface area contributed by atoms with Crippen LogP contribution in [0.3, 0.4) is 0 Å². The second-order valence-corrected chi connectivity index (χ2v) is 9.16. The van der Waals surface area contributed by atoms with Gasteiger partial charge >= 0.3 is 0 Å². The lowest BCUT2D eigenvalue weighted by atomic mass is 9.53. The lowest BCUT2D eigenvalue weighted by molar-refractivity contribution is -0.730. The molecule has 26 heavy (non-hydrogen) atoms. The van der Waals surface area contributed by atoms with Crippen molar-refractivity contribution in [3.63, 3.8) is 0 Å². The normalized spacial score (nSPS) is 33.5. The molecule has 138 valence electrons. The van der Waals surface area contributed by atoms with Crippen molar-refractivity contribution in [1.29, 1.82) is 0 Å². The number of nitrogens with two attached hydrogens (primary N) is 1. The molecule has 0 radical (unpaired) electrons. The average Bonchev–Trinajstić information content (AvgIpc) is 3.03. The molecule has 1 aromatic carbocycles. The minimum absolute atomic E-state index is 0.0975. The largest absolute Gasteiger partial charge is 0.459 e. The minimum atomic E-state index is -0.0975. The maximum Gasteiger partial charge on any atom is 0.275 e. The molecule has 3 N–H and O–H groups in total. The quantitative estimate of drug-likeness (QED) is 0.867. The molecule has 4 aliphatic carbocycles. The van der Waals surface area contributed by atoms with Crippen LogP contribution in [-0.2, 0) is 4.79 Å². The lowest BCUT2D eigenvalue weighted by Crippen LogP contribution is -3.00. The summed E-state index contributed by atoms with van der Waals surface area (Å²) in [6, 6.07) is 9.92. The predicted octanol–water partition coefficient (Wildman–Crippen LogP) is 3.14. The van der Waals surface area contributed by atoms with Gasteiger partial charge in [0.05, 0.1) is 11.6 Å². The van der Waals surface area contributed by atoms with Gasteiger partial charge in [0.2, 0.25) is 0 Å². The number of benzene rings is 1. The van der Waals surface area contributed by atoms with Crippen molar-refractivity contribution in [2.75, 3.05) is 6.54 Å². The Morgan fingerprint density at radius 3 is 2.50 bits per heavy atom. The summed E-state index contributed by atoms with van der Waals surface area (Å²) in [5, 5.41) is 6.59. The van der Waals surface area contributed by atoms with E-state index in [1.54, 1.807) is 0 Å². The van der Waals surface area contributed by atoms with Crippen LogP contribution in [0.25, 0.3) is 11.0 Å². The van der Waals surface area contributed by atoms with Crippen LogP contribution in [0.1, 0.15) is 57.3 Å². The lowest BCUT2D eigenvalue weighted by Gasteiger charge is -2.54. The number of carbonyl (C=O) groups excluding carboxylic acids is 1. The van der Waals surface area contributed by atoms with E-state index in [-0.39, 0.29) is 11.9 Å². The molecule has 6 rings (SSSR count). The van der Waals surface area contributed by atoms with Gasteiger partial charge in [0.25, 0.3) is 5.91 Å². The van der Waals surface area contributed by atoms with E-state index in [4.69, 9.17) is 4.42 Å². The molecule has 1 atom stereocenters. The van der Waals surface area contributed by atoms with Gasteiger partial charge in [0.15, 0.2) is 6.54 Å². The van der Waals surface area contributed by atoms with E-state index in [1.165, 1.54) is 38.5 Å². The molecule has 4 heteroatoms. The molecule has 0 spiro atoms. The van der Waals surface area contributed by atoms with Crippen LogP contribution < -0.4 is 10.6 Å². The highest BCUT2D eigenvalue weighted by Crippen LogP contribution is 2.54. The summed E-state index contributed by atoms with van der Waals surface area (Å²) in [5.41, 5.74) is 1.23. The van der Waals surface area contributed by atoms with Crippen LogP contribution in [0.5, 0.6) is 0 Å². The molecule has 1 amide bonds. The first kappa shape index (κ1) is 16.4. The third kappa shape index (κ3) is 2.94. The summed E-state index contributed by atoms with van der Waals surface area (Å²) in [7, 11) is 0. The zero-order valence-electron chi connectivity index (χ0n) is 15.5. The summed E-state index contributed by atoms with van der Waals surface area (Å²) in [6.45, 7) is 2.54. The third-order valence-electron chi connectivity index (χ3n) is 7.05. The SMILES string of the molecule is C[C@@H](NC(=O)C[NH2+]C12CC3CC(CC(C3)C1)C2)c1cc2ccccc2o1. The Labute approximate surface area is 154 Å². The Morgan fingerprint density at radius 2 is 1.85 bits per heavy atom. The number of amides is 1. The number of furan rings is 1. The zero-order chi connectivity index (χ0) is 17.7. The minimum Gasteiger partial charge on any atom is -0.459 e. The van der Waals surface area contributed by atoms with Crippen LogP contribution >= 0.6 is 0 Å². The van der Waals surface area contributed by atoms with E-state index < -0.39 is 0 Å². The van der Waals surface area contributed by atoms with Crippen LogP contribution in [0.2, 0.25) is 0 Å². The standard InChI is InChI=1S/C22H28N2O2/c1-14(20-9-18-4-2-3-5-19(18)26-20)24-21(25)13-23-22-10-15-6-16(11-22)8-17(7-15)12-22/h2-5,9,14-17,23H,6-8,10-13H2,1H3,(H,24,25)/p+1/t14-,15?,16?,17?,22?/m1/s1. The summed E-state index contributed by atoms with van der Waals surface area (Å²) in [5.74, 6) is 3.73. The van der Waals surface area contributed by atoms with Gasteiger partial charge in [-0.05, 0) is 56.1 Å². The summed E-state index contributed by atoms with van der Waals surface area (Å²) >= 11 is 0.